The maximum atomic E-state index is 13.1. The molecule has 4 rings (SSSR count). The van der Waals surface area contributed by atoms with Crippen molar-refractivity contribution >= 4 is 11.7 Å². The summed E-state index contributed by atoms with van der Waals surface area (Å²) in [6, 6.07) is 14.0. The van der Waals surface area contributed by atoms with Crippen molar-refractivity contribution in [1.29, 1.82) is 0 Å². The fourth-order valence-electron chi connectivity index (χ4n) is 3.00. The van der Waals surface area contributed by atoms with Crippen molar-refractivity contribution in [2.75, 3.05) is 4.90 Å². The normalized spacial score (nSPS) is 16.5. The van der Waals surface area contributed by atoms with Crippen LogP contribution in [0.25, 0.3) is 0 Å². The number of benzene rings is 1. The van der Waals surface area contributed by atoms with Gasteiger partial charge in [-0.05, 0) is 24.6 Å². The van der Waals surface area contributed by atoms with E-state index in [-0.39, 0.29) is 11.9 Å². The molecule has 0 N–H and O–H groups in total. The van der Waals surface area contributed by atoms with Crippen LogP contribution in [-0.4, -0.2) is 26.7 Å². The Hall–Kier alpha value is -3.22. The van der Waals surface area contributed by atoms with Gasteiger partial charge in [0.25, 0.3) is 5.91 Å². The lowest BCUT2D eigenvalue weighted by atomic mass is 10.2. The Morgan fingerprint density at radius 1 is 1.23 bits per heavy atom. The number of nitrogens with zero attached hydrogens (tertiary/aromatic N) is 4. The van der Waals surface area contributed by atoms with Gasteiger partial charge in [-0.15, -0.1) is 5.10 Å². The lowest BCUT2D eigenvalue weighted by Gasteiger charge is -2.32. The highest BCUT2D eigenvalue weighted by Gasteiger charge is 2.33. The molecule has 1 amide bonds. The molecular weight excluding hydrogens is 335 g/mol. The van der Waals surface area contributed by atoms with Crippen LogP contribution in [0.3, 0.4) is 0 Å². The van der Waals surface area contributed by atoms with Crippen molar-refractivity contribution < 1.29 is 13.9 Å². The Morgan fingerprint density at radius 2 is 2.04 bits per heavy atom. The van der Waals surface area contributed by atoms with Gasteiger partial charge in [0.2, 0.25) is 5.88 Å². The molecule has 1 aliphatic heterocycles. The summed E-state index contributed by atoms with van der Waals surface area (Å²) in [5.41, 5.74) is 1.45. The molecule has 0 aliphatic carbocycles. The Kier molecular flexibility index (Phi) is 4.12. The van der Waals surface area contributed by atoms with E-state index >= 15 is 0 Å². The summed E-state index contributed by atoms with van der Waals surface area (Å²) in [6.45, 7) is 2.79. The zero-order chi connectivity index (χ0) is 18.1. The second-order valence-corrected chi connectivity index (χ2v) is 6.18. The first-order valence-corrected chi connectivity index (χ1v) is 8.31. The first kappa shape index (κ1) is 16.3. The van der Waals surface area contributed by atoms with E-state index in [0.717, 1.165) is 11.8 Å². The van der Waals surface area contributed by atoms with Gasteiger partial charge >= 0.3 is 0 Å². The monoisotopic (exact) mass is 352 g/mol. The molecule has 1 aliphatic rings. The van der Waals surface area contributed by atoms with Gasteiger partial charge in [0.15, 0.2) is 0 Å². The van der Waals surface area contributed by atoms with Gasteiger partial charge in [0, 0.05) is 6.07 Å². The highest BCUT2D eigenvalue weighted by molar-refractivity contribution is 6.05. The molecule has 0 spiro atoms. The van der Waals surface area contributed by atoms with Crippen molar-refractivity contribution in [2.24, 2.45) is 0 Å². The van der Waals surface area contributed by atoms with Crippen molar-refractivity contribution in [3.05, 3.63) is 71.8 Å². The number of amides is 1. The number of hydrogen-bond donors (Lipinski definition) is 0. The maximum Gasteiger partial charge on any atom is 0.278 e. The highest BCUT2D eigenvalue weighted by Crippen LogP contribution is 2.26. The Bertz CT molecular complexity index is 924. The molecule has 3 heterocycles. The predicted octanol–water partition coefficient (Wildman–Crippen LogP) is 3.05. The first-order chi connectivity index (χ1) is 12.6. The second-order valence-electron chi connectivity index (χ2n) is 6.18. The van der Waals surface area contributed by atoms with Gasteiger partial charge in [-0.2, -0.15) is 0 Å². The third-order valence-corrected chi connectivity index (χ3v) is 4.26. The number of anilines is 1. The standard InChI is InChI=1S/C19H17FN4O2/c1-13-11-23-16(19(25)24(13)17-8-7-15(20)10-21-17)9-18(22-23)26-12-14-5-3-2-4-6-14/h2-10,13H,11-12H2,1H3. The first-order valence-electron chi connectivity index (χ1n) is 8.31. The van der Waals surface area contributed by atoms with Gasteiger partial charge in [-0.3, -0.25) is 14.4 Å². The molecular formula is C19H17FN4O2. The smallest absolute Gasteiger partial charge is 0.278 e. The van der Waals surface area contributed by atoms with Crippen LogP contribution in [0, 0.1) is 5.82 Å². The van der Waals surface area contributed by atoms with Crippen molar-refractivity contribution in [1.82, 2.24) is 14.8 Å². The van der Waals surface area contributed by atoms with Crippen LogP contribution in [0.1, 0.15) is 23.0 Å². The topological polar surface area (TPSA) is 60.3 Å². The Morgan fingerprint density at radius 3 is 2.77 bits per heavy atom. The number of halogens is 1. The van der Waals surface area contributed by atoms with Crippen LogP contribution < -0.4 is 9.64 Å². The van der Waals surface area contributed by atoms with Crippen LogP contribution in [-0.2, 0) is 13.2 Å². The summed E-state index contributed by atoms with van der Waals surface area (Å²) in [4.78, 5) is 18.5. The van der Waals surface area contributed by atoms with E-state index < -0.39 is 5.82 Å². The van der Waals surface area contributed by atoms with E-state index in [4.69, 9.17) is 4.74 Å². The second kappa shape index (κ2) is 6.59. The average molecular weight is 352 g/mol. The van der Waals surface area contributed by atoms with Gasteiger partial charge in [-0.25, -0.2) is 9.37 Å². The molecule has 7 heteroatoms. The third kappa shape index (κ3) is 3.03. The molecule has 6 nitrogen and oxygen atoms in total. The number of aromatic nitrogens is 3. The molecule has 2 aromatic heterocycles. The minimum Gasteiger partial charge on any atom is -0.472 e. The van der Waals surface area contributed by atoms with E-state index in [1.54, 1.807) is 15.6 Å². The summed E-state index contributed by atoms with van der Waals surface area (Å²) in [7, 11) is 0. The van der Waals surface area contributed by atoms with Crippen LogP contribution in [0.4, 0.5) is 10.2 Å². The molecule has 0 radical (unpaired) electrons. The molecule has 26 heavy (non-hydrogen) atoms. The van der Waals surface area contributed by atoms with Gasteiger partial charge in [0.05, 0.1) is 18.8 Å². The summed E-state index contributed by atoms with van der Waals surface area (Å²) in [6.07, 6.45) is 1.11. The molecule has 132 valence electrons. The number of hydrogen-bond acceptors (Lipinski definition) is 4. The van der Waals surface area contributed by atoms with Crippen LogP contribution in [0.2, 0.25) is 0 Å². The molecule has 0 fully saturated rings. The van der Waals surface area contributed by atoms with E-state index in [1.165, 1.54) is 12.1 Å². The van der Waals surface area contributed by atoms with Gasteiger partial charge in [-0.1, -0.05) is 30.3 Å². The van der Waals surface area contributed by atoms with E-state index in [1.807, 2.05) is 37.3 Å². The summed E-state index contributed by atoms with van der Waals surface area (Å²) in [5, 5.41) is 4.38. The molecule has 1 unspecified atom stereocenters. The summed E-state index contributed by atoms with van der Waals surface area (Å²) in [5.74, 6) is 0.152. The van der Waals surface area contributed by atoms with Gasteiger partial charge in [0.1, 0.15) is 23.9 Å². The quantitative estimate of drug-likeness (QED) is 0.724. The number of fused-ring (bicyclic) bond motifs is 1. The number of carbonyl (C=O) groups excluding carboxylic acids is 1. The maximum absolute atomic E-state index is 13.1. The Balaban J connectivity index is 1.56. The largest absolute Gasteiger partial charge is 0.472 e. The fourth-order valence-corrected chi connectivity index (χ4v) is 3.00. The highest BCUT2D eigenvalue weighted by atomic mass is 19.1. The lowest BCUT2D eigenvalue weighted by molar-refractivity contribution is 0.0946. The number of rotatable bonds is 4. The van der Waals surface area contributed by atoms with Crippen LogP contribution >= 0.6 is 0 Å². The zero-order valence-electron chi connectivity index (χ0n) is 14.2. The molecule has 0 bridgehead atoms. The average Bonchev–Trinajstić information content (AvgIpc) is 3.05. The predicted molar refractivity (Wildman–Crippen MR) is 93.5 cm³/mol. The summed E-state index contributed by atoms with van der Waals surface area (Å²) < 4.78 is 20.5. The molecule has 0 saturated heterocycles. The fraction of sp³-hybridized carbons (Fsp3) is 0.211. The van der Waals surface area contributed by atoms with Gasteiger partial charge < -0.3 is 4.74 Å². The third-order valence-electron chi connectivity index (χ3n) is 4.26. The number of ether oxygens (including phenoxy) is 1. The van der Waals surface area contributed by atoms with Crippen molar-refractivity contribution in [3.63, 3.8) is 0 Å². The lowest BCUT2D eigenvalue weighted by Crippen LogP contribution is -2.47. The minimum absolute atomic E-state index is 0.158. The summed E-state index contributed by atoms with van der Waals surface area (Å²) >= 11 is 0. The zero-order valence-corrected chi connectivity index (χ0v) is 14.2. The molecule has 3 aromatic rings. The van der Waals surface area contributed by atoms with E-state index in [2.05, 4.69) is 10.1 Å². The SMILES string of the molecule is CC1Cn2nc(OCc3ccccc3)cc2C(=O)N1c1ccc(F)cn1. The van der Waals surface area contributed by atoms with Crippen molar-refractivity contribution in [3.8, 4) is 5.88 Å². The van der Waals surface area contributed by atoms with E-state index in [9.17, 15) is 9.18 Å². The van der Waals surface area contributed by atoms with Crippen LogP contribution in [0.15, 0.2) is 54.7 Å². The minimum atomic E-state index is -0.437. The number of carbonyl (C=O) groups is 1. The molecule has 1 atom stereocenters. The molecule has 0 saturated carbocycles. The van der Waals surface area contributed by atoms with E-state index in [0.29, 0.717) is 30.5 Å². The van der Waals surface area contributed by atoms with Crippen LogP contribution in [0.5, 0.6) is 5.88 Å². The molecule has 1 aromatic carbocycles. The number of pyridine rings is 1. The Labute approximate surface area is 149 Å². The van der Waals surface area contributed by atoms with Crippen molar-refractivity contribution in [2.45, 2.75) is 26.1 Å².